The van der Waals surface area contributed by atoms with Gasteiger partial charge in [0.2, 0.25) is 5.95 Å². The Kier molecular flexibility index (Phi) is 5.64. The highest BCUT2D eigenvalue weighted by Gasteiger charge is 2.24. The number of rotatable bonds is 4. The van der Waals surface area contributed by atoms with Gasteiger partial charge in [-0.25, -0.2) is 4.98 Å². The van der Waals surface area contributed by atoms with Gasteiger partial charge >= 0.3 is 0 Å². The summed E-state index contributed by atoms with van der Waals surface area (Å²) < 4.78 is 7.96. The first-order chi connectivity index (χ1) is 14.1. The standard InChI is InChI=1S/C21H22BrN5O2/c1-26-20(28)12-17(14-5-7-23-8-6-14)25-21(26)27-10-9-24-18(13-27)15-3-4-16(22)19(11-15)29-2/h3-8,11-12,18,24H,9-10,13H2,1-2H3. The van der Waals surface area contributed by atoms with Gasteiger partial charge in [-0.3, -0.25) is 14.3 Å². The van der Waals surface area contributed by atoms with Gasteiger partial charge in [0.05, 0.1) is 23.3 Å². The molecule has 2 aromatic heterocycles. The van der Waals surface area contributed by atoms with Crippen molar-refractivity contribution < 1.29 is 4.74 Å². The van der Waals surface area contributed by atoms with E-state index < -0.39 is 0 Å². The van der Waals surface area contributed by atoms with E-state index in [1.807, 2.05) is 24.3 Å². The fraction of sp³-hybridized carbons (Fsp3) is 0.286. The topological polar surface area (TPSA) is 72.3 Å². The lowest BCUT2D eigenvalue weighted by Crippen LogP contribution is -2.47. The summed E-state index contributed by atoms with van der Waals surface area (Å²) >= 11 is 3.50. The number of halogens is 1. The molecule has 0 spiro atoms. The average Bonchev–Trinajstić information content (AvgIpc) is 2.76. The van der Waals surface area contributed by atoms with Crippen LogP contribution in [0.2, 0.25) is 0 Å². The third kappa shape index (κ3) is 4.04. The van der Waals surface area contributed by atoms with Gasteiger partial charge in [-0.05, 0) is 45.8 Å². The Balaban J connectivity index is 1.66. The predicted octanol–water partition coefficient (Wildman–Crippen LogP) is 2.76. The minimum absolute atomic E-state index is 0.0813. The van der Waals surface area contributed by atoms with Crippen molar-refractivity contribution in [2.45, 2.75) is 6.04 Å². The Labute approximate surface area is 177 Å². The largest absolute Gasteiger partial charge is 0.496 e. The number of aromatic nitrogens is 3. The van der Waals surface area contributed by atoms with Crippen molar-refractivity contribution in [3.8, 4) is 17.0 Å². The zero-order valence-electron chi connectivity index (χ0n) is 16.3. The van der Waals surface area contributed by atoms with Crippen molar-refractivity contribution in [3.63, 3.8) is 0 Å². The van der Waals surface area contributed by atoms with Gasteiger partial charge < -0.3 is 15.0 Å². The predicted molar refractivity (Wildman–Crippen MR) is 116 cm³/mol. The molecule has 1 atom stereocenters. The van der Waals surface area contributed by atoms with Gasteiger partial charge in [0, 0.05) is 50.7 Å². The molecule has 1 aliphatic heterocycles. The lowest BCUT2D eigenvalue weighted by Gasteiger charge is -2.35. The second-order valence-electron chi connectivity index (χ2n) is 6.92. The minimum Gasteiger partial charge on any atom is -0.496 e. The van der Waals surface area contributed by atoms with Crippen molar-refractivity contribution >= 4 is 21.9 Å². The molecule has 7 nitrogen and oxygen atoms in total. The van der Waals surface area contributed by atoms with Gasteiger partial charge in [-0.2, -0.15) is 0 Å². The molecule has 8 heteroatoms. The number of benzene rings is 1. The first-order valence-electron chi connectivity index (χ1n) is 9.37. The Bertz CT molecular complexity index is 1070. The van der Waals surface area contributed by atoms with Crippen LogP contribution < -0.4 is 20.5 Å². The summed E-state index contributed by atoms with van der Waals surface area (Å²) in [4.78, 5) is 23.6. The van der Waals surface area contributed by atoms with E-state index in [9.17, 15) is 4.79 Å². The summed E-state index contributed by atoms with van der Waals surface area (Å²) in [6, 6.07) is 11.5. The van der Waals surface area contributed by atoms with E-state index in [0.717, 1.165) is 34.4 Å². The SMILES string of the molecule is COc1cc(C2CN(c3nc(-c4ccncc4)cc(=O)n3C)CCN2)ccc1Br. The normalized spacial score (nSPS) is 16.7. The van der Waals surface area contributed by atoms with Crippen LogP contribution in [0.5, 0.6) is 5.75 Å². The molecule has 1 aromatic carbocycles. The zero-order valence-corrected chi connectivity index (χ0v) is 17.9. The molecule has 1 saturated heterocycles. The number of nitrogens with zero attached hydrogens (tertiary/aromatic N) is 4. The molecule has 1 unspecified atom stereocenters. The molecule has 29 heavy (non-hydrogen) atoms. The van der Waals surface area contributed by atoms with Crippen LogP contribution in [0.15, 0.2) is 58.1 Å². The van der Waals surface area contributed by atoms with Gasteiger partial charge in [-0.1, -0.05) is 6.07 Å². The minimum atomic E-state index is -0.0813. The van der Waals surface area contributed by atoms with Crippen LogP contribution >= 0.6 is 15.9 Å². The molecule has 0 bridgehead atoms. The second-order valence-corrected chi connectivity index (χ2v) is 7.78. The van der Waals surface area contributed by atoms with Crippen molar-refractivity contribution in [1.82, 2.24) is 19.9 Å². The molecule has 0 amide bonds. The van der Waals surface area contributed by atoms with E-state index in [0.29, 0.717) is 18.2 Å². The lowest BCUT2D eigenvalue weighted by atomic mass is 10.0. The van der Waals surface area contributed by atoms with E-state index in [4.69, 9.17) is 9.72 Å². The lowest BCUT2D eigenvalue weighted by molar-refractivity contribution is 0.408. The maximum absolute atomic E-state index is 12.6. The Morgan fingerprint density at radius 1 is 1.21 bits per heavy atom. The number of hydrogen-bond donors (Lipinski definition) is 1. The Hall–Kier alpha value is -2.71. The van der Waals surface area contributed by atoms with E-state index >= 15 is 0 Å². The van der Waals surface area contributed by atoms with Crippen LogP contribution in [0.4, 0.5) is 5.95 Å². The molecule has 150 valence electrons. The number of piperazine rings is 1. The van der Waals surface area contributed by atoms with Crippen LogP contribution in [-0.2, 0) is 7.05 Å². The maximum Gasteiger partial charge on any atom is 0.255 e. The summed E-state index contributed by atoms with van der Waals surface area (Å²) in [5.41, 5.74) is 2.58. The van der Waals surface area contributed by atoms with Crippen molar-refractivity contribution in [2.75, 3.05) is 31.6 Å². The molecule has 0 radical (unpaired) electrons. The van der Waals surface area contributed by atoms with Gasteiger partial charge in [0.25, 0.3) is 5.56 Å². The van der Waals surface area contributed by atoms with E-state index in [1.165, 1.54) is 0 Å². The highest BCUT2D eigenvalue weighted by Crippen LogP contribution is 2.30. The molecule has 3 aromatic rings. The van der Waals surface area contributed by atoms with E-state index in [-0.39, 0.29) is 11.6 Å². The quantitative estimate of drug-likeness (QED) is 0.651. The van der Waals surface area contributed by atoms with Gasteiger partial charge in [0.15, 0.2) is 0 Å². The first kappa shape index (κ1) is 19.6. The third-order valence-electron chi connectivity index (χ3n) is 5.12. The molecular formula is C21H22BrN5O2. The zero-order chi connectivity index (χ0) is 20.4. The maximum atomic E-state index is 12.6. The number of anilines is 1. The van der Waals surface area contributed by atoms with E-state index in [1.54, 1.807) is 37.2 Å². The molecule has 0 aliphatic carbocycles. The van der Waals surface area contributed by atoms with Crippen LogP contribution in [0.1, 0.15) is 11.6 Å². The van der Waals surface area contributed by atoms with Gasteiger partial charge in [0.1, 0.15) is 5.75 Å². The highest BCUT2D eigenvalue weighted by molar-refractivity contribution is 9.10. The molecule has 0 saturated carbocycles. The summed E-state index contributed by atoms with van der Waals surface area (Å²) in [6.07, 6.45) is 3.41. The number of hydrogen-bond acceptors (Lipinski definition) is 6. The smallest absolute Gasteiger partial charge is 0.255 e. The molecule has 4 rings (SSSR count). The van der Waals surface area contributed by atoms with Crippen molar-refractivity contribution in [3.05, 3.63) is 69.2 Å². The Morgan fingerprint density at radius 3 is 2.76 bits per heavy atom. The van der Waals surface area contributed by atoms with Crippen LogP contribution in [-0.4, -0.2) is 41.3 Å². The summed E-state index contributed by atoms with van der Waals surface area (Å²) in [6.45, 7) is 2.26. The van der Waals surface area contributed by atoms with Crippen molar-refractivity contribution in [2.24, 2.45) is 7.05 Å². The molecule has 3 heterocycles. The van der Waals surface area contributed by atoms with Crippen LogP contribution in [0, 0.1) is 0 Å². The highest BCUT2D eigenvalue weighted by atomic mass is 79.9. The fourth-order valence-corrected chi connectivity index (χ4v) is 3.94. The molecular weight excluding hydrogens is 434 g/mol. The number of nitrogens with one attached hydrogen (secondary N) is 1. The Morgan fingerprint density at radius 2 is 2.00 bits per heavy atom. The molecule has 1 fully saturated rings. The summed E-state index contributed by atoms with van der Waals surface area (Å²) in [5.74, 6) is 1.46. The monoisotopic (exact) mass is 455 g/mol. The third-order valence-corrected chi connectivity index (χ3v) is 5.78. The van der Waals surface area contributed by atoms with Gasteiger partial charge in [-0.15, -0.1) is 0 Å². The summed E-state index contributed by atoms with van der Waals surface area (Å²) in [5, 5.41) is 3.55. The number of methoxy groups -OCH3 is 1. The average molecular weight is 456 g/mol. The summed E-state index contributed by atoms with van der Waals surface area (Å²) in [7, 11) is 3.43. The number of ether oxygens (including phenoxy) is 1. The fourth-order valence-electron chi connectivity index (χ4n) is 3.53. The molecule has 1 N–H and O–H groups in total. The number of pyridine rings is 1. The van der Waals surface area contributed by atoms with Crippen LogP contribution in [0.3, 0.4) is 0 Å². The van der Waals surface area contributed by atoms with E-state index in [2.05, 4.69) is 37.2 Å². The van der Waals surface area contributed by atoms with Crippen LogP contribution in [0.25, 0.3) is 11.3 Å². The molecule has 1 aliphatic rings. The van der Waals surface area contributed by atoms with Crippen molar-refractivity contribution in [1.29, 1.82) is 0 Å². The second kappa shape index (κ2) is 8.34. The first-order valence-corrected chi connectivity index (χ1v) is 10.2.